The van der Waals surface area contributed by atoms with Crippen molar-refractivity contribution in [3.05, 3.63) is 48.0 Å². The highest BCUT2D eigenvalue weighted by atomic mass is 16.3. The molecule has 0 aromatic heterocycles. The molecule has 0 aliphatic carbocycles. The van der Waals surface area contributed by atoms with Crippen LogP contribution in [0.3, 0.4) is 0 Å². The van der Waals surface area contributed by atoms with Gasteiger partial charge < -0.3 is 0 Å². The van der Waals surface area contributed by atoms with Crippen LogP contribution >= 0.6 is 0 Å². The quantitative estimate of drug-likeness (QED) is 0.627. The Hall–Kier alpha value is -1.34. The van der Waals surface area contributed by atoms with E-state index in [4.69, 9.17) is 0 Å². The maximum absolute atomic E-state index is 11.3. The zero-order chi connectivity index (χ0) is 9.26. The van der Waals surface area contributed by atoms with Gasteiger partial charge in [0.05, 0.1) is 0 Å². The van der Waals surface area contributed by atoms with E-state index in [0.29, 0.717) is 0 Å². The molecular formula is C12H11O. The molecule has 0 N–H and O–H groups in total. The van der Waals surface area contributed by atoms with Gasteiger partial charge in [0.15, 0.2) is 0 Å². The van der Waals surface area contributed by atoms with Crippen molar-refractivity contribution in [3.63, 3.8) is 0 Å². The second-order valence-electron chi connectivity index (χ2n) is 3.21. The molecule has 0 heterocycles. The van der Waals surface area contributed by atoms with Gasteiger partial charge in [0.25, 0.3) is 0 Å². The Labute approximate surface area is 77.6 Å². The van der Waals surface area contributed by atoms with Crippen LogP contribution in [0, 0.1) is 0 Å². The molecule has 0 spiro atoms. The van der Waals surface area contributed by atoms with Gasteiger partial charge in [0.1, 0.15) is 6.10 Å². The fourth-order valence-electron chi connectivity index (χ4n) is 1.60. The molecule has 2 aromatic rings. The number of hydrogen-bond donors (Lipinski definition) is 0. The van der Waals surface area contributed by atoms with Crippen molar-refractivity contribution in [1.82, 2.24) is 0 Å². The summed E-state index contributed by atoms with van der Waals surface area (Å²) >= 11 is 0. The predicted molar refractivity (Wildman–Crippen MR) is 53.0 cm³/mol. The summed E-state index contributed by atoms with van der Waals surface area (Å²) in [6.07, 6.45) is -0.647. The summed E-state index contributed by atoms with van der Waals surface area (Å²) < 4.78 is 0. The summed E-state index contributed by atoms with van der Waals surface area (Å²) in [4.78, 5) is 0. The van der Waals surface area contributed by atoms with E-state index in [1.54, 1.807) is 6.92 Å². The van der Waals surface area contributed by atoms with Crippen LogP contribution in [0.1, 0.15) is 18.6 Å². The van der Waals surface area contributed by atoms with Crippen molar-refractivity contribution >= 4 is 10.8 Å². The molecule has 1 atom stereocenters. The second-order valence-corrected chi connectivity index (χ2v) is 3.21. The van der Waals surface area contributed by atoms with E-state index in [9.17, 15) is 5.11 Å². The SMILES string of the molecule is C[C@@H]([O])c1cccc2ccccc12. The highest BCUT2D eigenvalue weighted by Crippen LogP contribution is 2.23. The minimum Gasteiger partial charge on any atom is -0.228 e. The fourth-order valence-corrected chi connectivity index (χ4v) is 1.60. The highest BCUT2D eigenvalue weighted by molar-refractivity contribution is 5.85. The molecule has 0 saturated heterocycles. The molecule has 0 unspecified atom stereocenters. The number of benzene rings is 2. The summed E-state index contributed by atoms with van der Waals surface area (Å²) in [6, 6.07) is 13.9. The van der Waals surface area contributed by atoms with Gasteiger partial charge in [-0.3, -0.25) is 0 Å². The largest absolute Gasteiger partial charge is 0.228 e. The Morgan fingerprint density at radius 3 is 2.46 bits per heavy atom. The third-order valence-corrected chi connectivity index (χ3v) is 2.26. The minimum atomic E-state index is -0.647. The average molecular weight is 171 g/mol. The zero-order valence-electron chi connectivity index (χ0n) is 7.53. The molecule has 0 amide bonds. The molecule has 2 rings (SSSR count). The van der Waals surface area contributed by atoms with Gasteiger partial charge in [-0.05, 0) is 23.3 Å². The van der Waals surface area contributed by atoms with E-state index in [1.807, 2.05) is 42.5 Å². The Balaban J connectivity index is 2.76. The van der Waals surface area contributed by atoms with Crippen molar-refractivity contribution in [2.75, 3.05) is 0 Å². The molecule has 0 bridgehead atoms. The summed E-state index contributed by atoms with van der Waals surface area (Å²) in [5.41, 5.74) is 0.887. The molecule has 0 saturated carbocycles. The molecule has 1 radical (unpaired) electrons. The van der Waals surface area contributed by atoms with Crippen LogP contribution in [0.5, 0.6) is 0 Å². The lowest BCUT2D eigenvalue weighted by atomic mass is 10.0. The lowest BCUT2D eigenvalue weighted by Crippen LogP contribution is -1.89. The number of fused-ring (bicyclic) bond motifs is 1. The van der Waals surface area contributed by atoms with Crippen molar-refractivity contribution in [1.29, 1.82) is 0 Å². The van der Waals surface area contributed by atoms with Crippen LogP contribution < -0.4 is 0 Å². The van der Waals surface area contributed by atoms with Crippen molar-refractivity contribution in [2.45, 2.75) is 13.0 Å². The molecule has 0 aliphatic rings. The molecule has 2 aromatic carbocycles. The molecule has 0 aliphatic heterocycles. The summed E-state index contributed by atoms with van der Waals surface area (Å²) in [5, 5.41) is 13.6. The van der Waals surface area contributed by atoms with E-state index in [2.05, 4.69) is 0 Å². The van der Waals surface area contributed by atoms with Gasteiger partial charge in [-0.25, -0.2) is 5.11 Å². The second kappa shape index (κ2) is 3.19. The molecular weight excluding hydrogens is 160 g/mol. The van der Waals surface area contributed by atoms with Crippen molar-refractivity contribution < 1.29 is 5.11 Å². The average Bonchev–Trinajstić information content (AvgIpc) is 2.17. The van der Waals surface area contributed by atoms with E-state index < -0.39 is 6.10 Å². The lowest BCUT2D eigenvalue weighted by molar-refractivity contribution is 0.107. The zero-order valence-corrected chi connectivity index (χ0v) is 7.53. The summed E-state index contributed by atoms with van der Waals surface area (Å²) in [5.74, 6) is 0. The highest BCUT2D eigenvalue weighted by Gasteiger charge is 2.05. The molecule has 1 heteroatoms. The van der Waals surface area contributed by atoms with Crippen LogP contribution in [-0.2, 0) is 5.11 Å². The van der Waals surface area contributed by atoms with Crippen molar-refractivity contribution in [2.24, 2.45) is 0 Å². The van der Waals surface area contributed by atoms with Crippen LogP contribution in [0.25, 0.3) is 10.8 Å². The van der Waals surface area contributed by atoms with E-state index in [1.165, 1.54) is 0 Å². The molecule has 1 nitrogen and oxygen atoms in total. The molecule has 65 valence electrons. The van der Waals surface area contributed by atoms with Crippen LogP contribution in [0.15, 0.2) is 42.5 Å². The first-order valence-electron chi connectivity index (χ1n) is 4.42. The third kappa shape index (κ3) is 1.43. The van der Waals surface area contributed by atoms with E-state index in [-0.39, 0.29) is 0 Å². The topological polar surface area (TPSA) is 19.9 Å². The normalized spacial score (nSPS) is 13.1. The van der Waals surface area contributed by atoms with Crippen molar-refractivity contribution in [3.8, 4) is 0 Å². The Morgan fingerprint density at radius 2 is 1.69 bits per heavy atom. The smallest absolute Gasteiger partial charge is 0.116 e. The predicted octanol–water partition coefficient (Wildman–Crippen LogP) is 3.33. The minimum absolute atomic E-state index is 0.647. The lowest BCUT2D eigenvalue weighted by Gasteiger charge is -2.06. The molecule has 0 fully saturated rings. The summed E-state index contributed by atoms with van der Waals surface area (Å²) in [7, 11) is 0. The number of rotatable bonds is 1. The van der Waals surface area contributed by atoms with Gasteiger partial charge in [-0.15, -0.1) is 0 Å². The monoisotopic (exact) mass is 171 g/mol. The van der Waals surface area contributed by atoms with Gasteiger partial charge in [-0.2, -0.15) is 0 Å². The van der Waals surface area contributed by atoms with Crippen LogP contribution in [-0.4, -0.2) is 0 Å². The Kier molecular flexibility index (Phi) is 2.03. The standard InChI is InChI=1S/C12H11O/c1-9(13)11-8-4-6-10-5-2-3-7-12(10)11/h2-9H,1H3/t9-/m1/s1. The first-order chi connectivity index (χ1) is 6.29. The first kappa shape index (κ1) is 8.27. The van der Waals surface area contributed by atoms with Gasteiger partial charge >= 0.3 is 0 Å². The van der Waals surface area contributed by atoms with Crippen LogP contribution in [0.2, 0.25) is 0 Å². The van der Waals surface area contributed by atoms with Gasteiger partial charge in [-0.1, -0.05) is 42.5 Å². The Bertz CT molecular complexity index is 413. The van der Waals surface area contributed by atoms with Crippen LogP contribution in [0.4, 0.5) is 0 Å². The maximum Gasteiger partial charge on any atom is 0.116 e. The first-order valence-corrected chi connectivity index (χ1v) is 4.42. The fraction of sp³-hybridized carbons (Fsp3) is 0.167. The number of hydrogen-bond acceptors (Lipinski definition) is 0. The third-order valence-electron chi connectivity index (χ3n) is 2.26. The Morgan fingerprint density at radius 1 is 1.00 bits per heavy atom. The maximum atomic E-state index is 11.3. The van der Waals surface area contributed by atoms with Gasteiger partial charge in [0.2, 0.25) is 0 Å². The van der Waals surface area contributed by atoms with E-state index >= 15 is 0 Å². The van der Waals surface area contributed by atoms with Gasteiger partial charge in [0, 0.05) is 0 Å². The summed E-state index contributed by atoms with van der Waals surface area (Å²) in [6.45, 7) is 1.68. The molecule has 13 heavy (non-hydrogen) atoms. The van der Waals surface area contributed by atoms with E-state index in [0.717, 1.165) is 16.3 Å².